The third-order valence-electron chi connectivity index (χ3n) is 2.34. The lowest BCUT2D eigenvalue weighted by Crippen LogP contribution is -1.91. The second-order valence-corrected chi connectivity index (χ2v) is 3.95. The molecule has 0 aliphatic carbocycles. The van der Waals surface area contributed by atoms with Gasteiger partial charge < -0.3 is 4.74 Å². The van der Waals surface area contributed by atoms with Crippen LogP contribution in [0.4, 0.5) is 0 Å². The van der Waals surface area contributed by atoms with Crippen molar-refractivity contribution in [2.75, 3.05) is 13.0 Å². The molecule has 1 aromatic carbocycles. The van der Waals surface area contributed by atoms with Crippen LogP contribution in [0, 0.1) is 6.92 Å². The van der Waals surface area contributed by atoms with Gasteiger partial charge in [-0.2, -0.15) is 0 Å². The van der Waals surface area contributed by atoms with Crippen molar-refractivity contribution >= 4 is 17.2 Å². The van der Waals surface area contributed by atoms with Crippen LogP contribution in [0.5, 0.6) is 5.75 Å². The summed E-state index contributed by atoms with van der Waals surface area (Å²) in [6, 6.07) is 6.19. The van der Waals surface area contributed by atoms with E-state index in [9.17, 15) is 0 Å². The predicted molar refractivity (Wildman–Crippen MR) is 66.7 cm³/mol. The Balaban J connectivity index is 3.05. The number of ether oxygens (including phenoxy) is 1. The molecule has 0 N–H and O–H groups in total. The van der Waals surface area contributed by atoms with Gasteiger partial charge in [-0.15, -0.1) is 11.6 Å². The van der Waals surface area contributed by atoms with E-state index in [1.54, 1.807) is 7.11 Å². The maximum absolute atomic E-state index is 5.66. The zero-order valence-electron chi connectivity index (χ0n) is 9.51. The van der Waals surface area contributed by atoms with Crippen molar-refractivity contribution in [2.45, 2.75) is 20.3 Å². The molecular weight excluding hydrogens is 208 g/mol. The van der Waals surface area contributed by atoms with E-state index >= 15 is 0 Å². The van der Waals surface area contributed by atoms with Crippen LogP contribution in [0.25, 0.3) is 5.57 Å². The highest BCUT2D eigenvalue weighted by Crippen LogP contribution is 2.27. The Morgan fingerprint density at radius 2 is 2.20 bits per heavy atom. The SMILES string of the molecule is COc1ccc(C)cc1/C(C)=C/CCCl. The van der Waals surface area contributed by atoms with Crippen molar-refractivity contribution in [3.8, 4) is 5.75 Å². The molecule has 0 heterocycles. The Kier molecular flexibility index (Phi) is 4.70. The van der Waals surface area contributed by atoms with Gasteiger partial charge in [-0.05, 0) is 38.0 Å². The first-order valence-electron chi connectivity index (χ1n) is 5.06. The topological polar surface area (TPSA) is 9.23 Å². The second-order valence-electron chi connectivity index (χ2n) is 3.57. The fourth-order valence-electron chi connectivity index (χ4n) is 1.51. The van der Waals surface area contributed by atoms with Gasteiger partial charge in [0.2, 0.25) is 0 Å². The highest BCUT2D eigenvalue weighted by atomic mass is 35.5. The summed E-state index contributed by atoms with van der Waals surface area (Å²) in [5.74, 6) is 1.58. The minimum Gasteiger partial charge on any atom is -0.496 e. The number of alkyl halides is 1. The molecule has 0 aliphatic heterocycles. The van der Waals surface area contributed by atoms with Gasteiger partial charge >= 0.3 is 0 Å². The summed E-state index contributed by atoms with van der Waals surface area (Å²) < 4.78 is 5.33. The first-order valence-corrected chi connectivity index (χ1v) is 5.60. The molecule has 15 heavy (non-hydrogen) atoms. The van der Waals surface area contributed by atoms with E-state index in [0.29, 0.717) is 5.88 Å². The largest absolute Gasteiger partial charge is 0.496 e. The van der Waals surface area contributed by atoms with Gasteiger partial charge in [-0.25, -0.2) is 0 Å². The molecule has 1 rings (SSSR count). The Bertz CT molecular complexity index is 356. The van der Waals surface area contributed by atoms with Crippen LogP contribution in [-0.4, -0.2) is 13.0 Å². The summed E-state index contributed by atoms with van der Waals surface area (Å²) in [6.07, 6.45) is 3.04. The molecule has 1 nitrogen and oxygen atoms in total. The number of allylic oxidation sites excluding steroid dienone is 2. The standard InChI is InChI=1S/C13H17ClO/c1-10-6-7-13(15-3)12(9-10)11(2)5-4-8-14/h5-7,9H,4,8H2,1-3H3/b11-5+. The summed E-state index contributed by atoms with van der Waals surface area (Å²) in [4.78, 5) is 0. The Morgan fingerprint density at radius 3 is 2.80 bits per heavy atom. The summed E-state index contributed by atoms with van der Waals surface area (Å²) in [5, 5.41) is 0. The van der Waals surface area contributed by atoms with Crippen molar-refractivity contribution in [3.63, 3.8) is 0 Å². The number of rotatable bonds is 4. The van der Waals surface area contributed by atoms with Crippen LogP contribution < -0.4 is 4.74 Å². The monoisotopic (exact) mass is 224 g/mol. The maximum Gasteiger partial charge on any atom is 0.126 e. The Morgan fingerprint density at radius 1 is 1.47 bits per heavy atom. The van der Waals surface area contributed by atoms with E-state index in [-0.39, 0.29) is 0 Å². The van der Waals surface area contributed by atoms with Gasteiger partial charge in [0, 0.05) is 11.4 Å². The van der Waals surface area contributed by atoms with Gasteiger partial charge in [-0.3, -0.25) is 0 Å². The van der Waals surface area contributed by atoms with E-state index in [1.165, 1.54) is 11.1 Å². The lowest BCUT2D eigenvalue weighted by Gasteiger charge is -2.09. The lowest BCUT2D eigenvalue weighted by atomic mass is 10.0. The Labute approximate surface area is 96.7 Å². The number of benzene rings is 1. The van der Waals surface area contributed by atoms with E-state index in [1.807, 2.05) is 6.07 Å². The molecule has 0 saturated carbocycles. The van der Waals surface area contributed by atoms with Crippen molar-refractivity contribution < 1.29 is 4.74 Å². The van der Waals surface area contributed by atoms with Crippen LogP contribution in [-0.2, 0) is 0 Å². The second kappa shape index (κ2) is 5.82. The van der Waals surface area contributed by atoms with Gasteiger partial charge in [-0.1, -0.05) is 17.7 Å². The molecule has 1 aromatic rings. The van der Waals surface area contributed by atoms with Crippen LogP contribution in [0.2, 0.25) is 0 Å². The van der Waals surface area contributed by atoms with E-state index in [4.69, 9.17) is 16.3 Å². The third kappa shape index (κ3) is 3.28. The maximum atomic E-state index is 5.66. The smallest absolute Gasteiger partial charge is 0.126 e. The number of halogens is 1. The summed E-state index contributed by atoms with van der Waals surface area (Å²) in [6.45, 7) is 4.17. The fourth-order valence-corrected chi connectivity index (χ4v) is 1.62. The normalized spacial score (nSPS) is 11.6. The quantitative estimate of drug-likeness (QED) is 0.702. The summed E-state index contributed by atoms with van der Waals surface area (Å²) in [5.41, 5.74) is 3.61. The van der Waals surface area contributed by atoms with E-state index in [2.05, 4.69) is 32.1 Å². The van der Waals surface area contributed by atoms with E-state index < -0.39 is 0 Å². The highest BCUT2D eigenvalue weighted by molar-refractivity contribution is 6.17. The Hall–Kier alpha value is -0.950. The molecular formula is C13H17ClO. The number of hydrogen-bond donors (Lipinski definition) is 0. The number of methoxy groups -OCH3 is 1. The number of aryl methyl sites for hydroxylation is 1. The molecule has 0 aromatic heterocycles. The van der Waals surface area contributed by atoms with Crippen molar-refractivity contribution in [1.82, 2.24) is 0 Å². The molecule has 0 fully saturated rings. The van der Waals surface area contributed by atoms with Crippen LogP contribution in [0.15, 0.2) is 24.3 Å². The third-order valence-corrected chi connectivity index (χ3v) is 2.56. The van der Waals surface area contributed by atoms with Gasteiger partial charge in [0.1, 0.15) is 5.75 Å². The molecule has 0 saturated heterocycles. The van der Waals surface area contributed by atoms with Gasteiger partial charge in [0.15, 0.2) is 0 Å². The van der Waals surface area contributed by atoms with Crippen molar-refractivity contribution in [1.29, 1.82) is 0 Å². The number of hydrogen-bond acceptors (Lipinski definition) is 1. The molecule has 0 bridgehead atoms. The van der Waals surface area contributed by atoms with E-state index in [0.717, 1.165) is 17.7 Å². The highest BCUT2D eigenvalue weighted by Gasteiger charge is 2.04. The minimum absolute atomic E-state index is 0.658. The predicted octanol–water partition coefficient (Wildman–Crippen LogP) is 4.04. The average Bonchev–Trinajstić information content (AvgIpc) is 2.25. The van der Waals surface area contributed by atoms with Crippen molar-refractivity contribution in [2.24, 2.45) is 0 Å². The van der Waals surface area contributed by atoms with Crippen molar-refractivity contribution in [3.05, 3.63) is 35.4 Å². The van der Waals surface area contributed by atoms with Gasteiger partial charge in [0.05, 0.1) is 7.11 Å². The zero-order chi connectivity index (χ0) is 11.3. The average molecular weight is 225 g/mol. The van der Waals surface area contributed by atoms with Crippen LogP contribution in [0.1, 0.15) is 24.5 Å². The molecule has 82 valence electrons. The molecule has 0 aliphatic rings. The molecule has 0 atom stereocenters. The first-order chi connectivity index (χ1) is 7.19. The molecule has 2 heteroatoms. The minimum atomic E-state index is 0.658. The summed E-state index contributed by atoms with van der Waals surface area (Å²) in [7, 11) is 1.70. The van der Waals surface area contributed by atoms with Gasteiger partial charge in [0.25, 0.3) is 0 Å². The zero-order valence-corrected chi connectivity index (χ0v) is 10.3. The van der Waals surface area contributed by atoms with Crippen LogP contribution >= 0.6 is 11.6 Å². The molecule has 0 spiro atoms. The lowest BCUT2D eigenvalue weighted by molar-refractivity contribution is 0.413. The van der Waals surface area contributed by atoms with Crippen LogP contribution in [0.3, 0.4) is 0 Å². The molecule has 0 unspecified atom stereocenters. The summed E-state index contributed by atoms with van der Waals surface area (Å²) >= 11 is 5.66. The first kappa shape index (κ1) is 12.1. The molecule has 0 amide bonds. The molecule has 0 radical (unpaired) electrons. The fraction of sp³-hybridized carbons (Fsp3) is 0.385.